The van der Waals surface area contributed by atoms with E-state index in [9.17, 15) is 24.3 Å². The number of carboxylic acids is 1. The summed E-state index contributed by atoms with van der Waals surface area (Å²) in [6.45, 7) is 15.4. The van der Waals surface area contributed by atoms with Crippen LogP contribution in [0.1, 0.15) is 93.4 Å². The Labute approximate surface area is 233 Å². The van der Waals surface area contributed by atoms with Crippen LogP contribution < -0.4 is 0 Å². The average molecular weight is 539 g/mol. The van der Waals surface area contributed by atoms with Gasteiger partial charge < -0.3 is 9.84 Å². The molecule has 4 saturated carbocycles. The minimum atomic E-state index is -1.53. The largest absolute Gasteiger partial charge is 0.478 e. The molecule has 214 valence electrons. The average Bonchev–Trinajstić information content (AvgIpc) is 2.85. The van der Waals surface area contributed by atoms with Crippen LogP contribution in [0.2, 0.25) is 0 Å². The highest BCUT2D eigenvalue weighted by Crippen LogP contribution is 2.75. The summed E-state index contributed by atoms with van der Waals surface area (Å²) in [6.07, 6.45) is 9.01. The molecule has 0 unspecified atom stereocenters. The van der Waals surface area contributed by atoms with Gasteiger partial charge in [0, 0.05) is 17.6 Å². The third-order valence-electron chi connectivity index (χ3n) is 13.3. The van der Waals surface area contributed by atoms with E-state index in [-0.39, 0.29) is 34.0 Å². The third-order valence-corrected chi connectivity index (χ3v) is 13.3. The summed E-state index contributed by atoms with van der Waals surface area (Å²) in [5.74, 6) is -1.64. The number of ether oxygens (including phenoxy) is 1. The normalized spacial score (nSPS) is 50.2. The van der Waals surface area contributed by atoms with Crippen molar-refractivity contribution in [1.82, 2.24) is 0 Å². The van der Waals surface area contributed by atoms with E-state index in [0.29, 0.717) is 24.2 Å². The highest BCUT2D eigenvalue weighted by Gasteiger charge is 2.72. The van der Waals surface area contributed by atoms with Crippen molar-refractivity contribution in [2.45, 2.75) is 93.4 Å². The molecule has 0 aromatic heterocycles. The molecule has 0 aliphatic heterocycles. The number of hydrogen-bond donors (Lipinski definition) is 1. The van der Waals surface area contributed by atoms with Crippen LogP contribution in [0.3, 0.4) is 0 Å². The van der Waals surface area contributed by atoms with Gasteiger partial charge in [-0.05, 0) is 103 Å². The van der Waals surface area contributed by atoms with Crippen molar-refractivity contribution in [3.05, 3.63) is 23.3 Å². The Balaban J connectivity index is 1.70. The Morgan fingerprint density at radius 1 is 1.00 bits per heavy atom. The van der Waals surface area contributed by atoms with Gasteiger partial charge in [0.25, 0.3) is 0 Å². The summed E-state index contributed by atoms with van der Waals surface area (Å²) in [4.78, 5) is 53.3. The maximum Gasteiger partial charge on any atom is 0.328 e. The molecule has 0 aromatic carbocycles. The van der Waals surface area contributed by atoms with Gasteiger partial charge in [0.15, 0.2) is 11.6 Å². The van der Waals surface area contributed by atoms with Crippen LogP contribution in [-0.2, 0) is 23.9 Å². The number of methoxy groups -OCH3 is 1. The fourth-order valence-corrected chi connectivity index (χ4v) is 11.0. The minimum absolute atomic E-state index is 0.0862. The highest BCUT2D eigenvalue weighted by atomic mass is 16.5. The first-order valence-corrected chi connectivity index (χ1v) is 14.8. The first-order valence-electron chi connectivity index (χ1n) is 14.8. The zero-order valence-corrected chi connectivity index (χ0v) is 25.0. The number of aliphatic carboxylic acids is 1. The molecular formula is C33H46O6. The standard InChI is InChI=1S/C33H46O6/c1-18-9-11-29(3)13-14-31(5)21(25(29)19(18)2)16-22(34)26-30(4)17-20(15-24(35)36)27(37)33(7,28(38)39-8)23(30)10-12-32(26,31)6/h15-16,18-19,23,25-26H,9-14,17H2,1-8H3,(H,35,36)/b20-15+/t18-,19+,23-,25+,26-,29-,30+,31-,32-,33-/m1/s1. The van der Waals surface area contributed by atoms with Crippen molar-refractivity contribution >= 4 is 23.5 Å². The Morgan fingerprint density at radius 3 is 2.28 bits per heavy atom. The molecule has 0 bridgehead atoms. The van der Waals surface area contributed by atoms with Gasteiger partial charge in [0.05, 0.1) is 7.11 Å². The number of fused-ring (bicyclic) bond motifs is 7. The second-order valence-corrected chi connectivity index (χ2v) is 15.0. The molecule has 6 nitrogen and oxygen atoms in total. The maximum atomic E-state index is 14.5. The van der Waals surface area contributed by atoms with Gasteiger partial charge in [0.1, 0.15) is 5.41 Å². The van der Waals surface area contributed by atoms with E-state index in [1.165, 1.54) is 25.5 Å². The second-order valence-electron chi connectivity index (χ2n) is 15.0. The van der Waals surface area contributed by atoms with Crippen molar-refractivity contribution in [2.75, 3.05) is 7.11 Å². The van der Waals surface area contributed by atoms with Crippen molar-refractivity contribution in [2.24, 2.45) is 56.7 Å². The molecule has 5 aliphatic carbocycles. The quantitative estimate of drug-likeness (QED) is 0.256. The van der Waals surface area contributed by atoms with Gasteiger partial charge in [-0.1, -0.05) is 47.1 Å². The van der Waals surface area contributed by atoms with Crippen molar-refractivity contribution < 1.29 is 29.0 Å². The summed E-state index contributed by atoms with van der Waals surface area (Å²) in [5.41, 5.74) is -1.23. The molecule has 0 aromatic rings. The molecule has 0 spiro atoms. The van der Waals surface area contributed by atoms with Crippen molar-refractivity contribution in [3.8, 4) is 0 Å². The molecule has 0 saturated heterocycles. The highest BCUT2D eigenvalue weighted by molar-refractivity contribution is 6.15. The molecule has 6 heteroatoms. The molecule has 5 aliphatic rings. The van der Waals surface area contributed by atoms with E-state index in [1.54, 1.807) is 6.92 Å². The molecule has 10 atom stereocenters. The molecule has 1 N–H and O–H groups in total. The zero-order chi connectivity index (χ0) is 28.9. The molecular weight excluding hydrogens is 492 g/mol. The molecule has 0 radical (unpaired) electrons. The smallest absolute Gasteiger partial charge is 0.328 e. The number of esters is 1. The van der Waals surface area contributed by atoms with Gasteiger partial charge in [-0.2, -0.15) is 0 Å². The van der Waals surface area contributed by atoms with E-state index >= 15 is 0 Å². The Hall–Kier alpha value is -2.24. The minimum Gasteiger partial charge on any atom is -0.478 e. The molecule has 4 fully saturated rings. The zero-order valence-electron chi connectivity index (χ0n) is 25.0. The molecule has 0 amide bonds. The summed E-state index contributed by atoms with van der Waals surface area (Å²) >= 11 is 0. The fourth-order valence-electron chi connectivity index (χ4n) is 11.0. The van der Waals surface area contributed by atoms with Gasteiger partial charge >= 0.3 is 11.9 Å². The number of carbonyl (C=O) groups is 4. The summed E-state index contributed by atoms with van der Waals surface area (Å²) in [7, 11) is 1.27. The van der Waals surface area contributed by atoms with E-state index in [1.807, 2.05) is 13.0 Å². The first-order chi connectivity index (χ1) is 18.0. The number of rotatable bonds is 2. The summed E-state index contributed by atoms with van der Waals surface area (Å²) in [5, 5.41) is 9.62. The number of Topliss-reactive ketones (excluding diaryl/α,β-unsaturated/α-hetero) is 1. The van der Waals surface area contributed by atoms with Gasteiger partial charge in [-0.25, -0.2) is 4.79 Å². The number of hydrogen-bond acceptors (Lipinski definition) is 5. The van der Waals surface area contributed by atoms with Crippen LogP contribution in [-0.4, -0.2) is 35.7 Å². The van der Waals surface area contributed by atoms with Crippen LogP contribution in [0.4, 0.5) is 0 Å². The van der Waals surface area contributed by atoms with Crippen LogP contribution in [0.25, 0.3) is 0 Å². The predicted octanol–water partition coefficient (Wildman–Crippen LogP) is 6.19. The van der Waals surface area contributed by atoms with Gasteiger partial charge in [-0.15, -0.1) is 0 Å². The second kappa shape index (κ2) is 8.63. The number of carbonyl (C=O) groups excluding carboxylic acids is 3. The molecule has 39 heavy (non-hydrogen) atoms. The Bertz CT molecular complexity index is 1210. The van der Waals surface area contributed by atoms with Crippen LogP contribution in [0, 0.1) is 56.7 Å². The lowest BCUT2D eigenvalue weighted by Crippen LogP contribution is -2.68. The van der Waals surface area contributed by atoms with E-state index in [0.717, 1.165) is 25.3 Å². The predicted molar refractivity (Wildman–Crippen MR) is 147 cm³/mol. The monoisotopic (exact) mass is 538 g/mol. The lowest BCUT2D eigenvalue weighted by atomic mass is 9.33. The third kappa shape index (κ3) is 3.45. The van der Waals surface area contributed by atoms with Crippen LogP contribution in [0.15, 0.2) is 23.3 Å². The van der Waals surface area contributed by atoms with Crippen LogP contribution >= 0.6 is 0 Å². The topological polar surface area (TPSA) is 97.7 Å². The van der Waals surface area contributed by atoms with Crippen molar-refractivity contribution in [3.63, 3.8) is 0 Å². The lowest BCUT2D eigenvalue weighted by molar-refractivity contribution is -0.194. The fraction of sp³-hybridized carbons (Fsp3) is 0.758. The number of ketones is 2. The Kier molecular flexibility index (Phi) is 6.26. The first kappa shape index (κ1) is 28.3. The Morgan fingerprint density at radius 2 is 1.67 bits per heavy atom. The summed E-state index contributed by atoms with van der Waals surface area (Å²) in [6, 6.07) is 0. The van der Waals surface area contributed by atoms with Gasteiger partial charge in [0.2, 0.25) is 0 Å². The lowest BCUT2D eigenvalue weighted by Gasteiger charge is -2.70. The number of allylic oxidation sites excluding steroid dienone is 3. The molecule has 0 heterocycles. The SMILES string of the molecule is COC(=O)[C@@]1(C)C(=O)/C(=C/C(=O)O)C[C@]2(C)[C@H]3C(=O)C=C4[C@@H]5[C@@H](C)[C@H](C)CC[C@]5(C)CC[C@@]4(C)[C@]3(C)CC[C@@H]12. The van der Waals surface area contributed by atoms with E-state index < -0.39 is 40.4 Å². The van der Waals surface area contributed by atoms with E-state index in [4.69, 9.17) is 4.74 Å². The number of carboxylic acid groups (broad SMARTS) is 1. The summed E-state index contributed by atoms with van der Waals surface area (Å²) < 4.78 is 5.16. The molecule has 5 rings (SSSR count). The van der Waals surface area contributed by atoms with Crippen molar-refractivity contribution in [1.29, 1.82) is 0 Å². The van der Waals surface area contributed by atoms with Gasteiger partial charge in [-0.3, -0.25) is 14.4 Å². The van der Waals surface area contributed by atoms with E-state index in [2.05, 4.69) is 34.6 Å². The maximum absolute atomic E-state index is 14.5. The van der Waals surface area contributed by atoms with Crippen LogP contribution in [0.5, 0.6) is 0 Å².